The number of aromatic carboxylic acids is 1. The van der Waals surface area contributed by atoms with Crippen LogP contribution in [0.5, 0.6) is 0 Å². The molecule has 1 aromatic heterocycles. The van der Waals surface area contributed by atoms with Gasteiger partial charge in [-0.1, -0.05) is 42.5 Å². The van der Waals surface area contributed by atoms with Crippen LogP contribution in [-0.2, 0) is 7.05 Å². The topological polar surface area (TPSA) is 89.8 Å². The Morgan fingerprint density at radius 3 is 2.42 bits per heavy atom. The molecular formula is C21H15N3O2. The van der Waals surface area contributed by atoms with Gasteiger partial charge in [-0.15, -0.1) is 0 Å². The number of rotatable bonds is 3. The van der Waals surface area contributed by atoms with Gasteiger partial charge >= 0.3 is 5.97 Å². The maximum Gasteiger partial charge on any atom is 0.353 e. The molecule has 5 nitrogen and oxygen atoms in total. The van der Waals surface area contributed by atoms with Gasteiger partial charge in [0.05, 0.1) is 17.2 Å². The molecule has 0 atom stereocenters. The summed E-state index contributed by atoms with van der Waals surface area (Å²) in [5.74, 6) is -1.08. The van der Waals surface area contributed by atoms with E-state index in [0.29, 0.717) is 28.7 Å². The Balaban J connectivity index is 2.06. The Morgan fingerprint density at radius 2 is 1.73 bits per heavy atom. The zero-order chi connectivity index (χ0) is 18.7. The van der Waals surface area contributed by atoms with Gasteiger partial charge in [0.2, 0.25) is 0 Å². The molecule has 3 rings (SSSR count). The molecule has 0 amide bonds. The number of carboxylic acid groups (broad SMARTS) is 1. The quantitative estimate of drug-likeness (QED) is 0.917. The fourth-order valence-electron chi connectivity index (χ4n) is 3.11. The molecule has 1 heterocycles. The highest BCUT2D eigenvalue weighted by Gasteiger charge is 2.22. The molecule has 0 saturated carbocycles. The van der Waals surface area contributed by atoms with Gasteiger partial charge in [0.25, 0.3) is 0 Å². The largest absolute Gasteiger partial charge is 0.477 e. The predicted octanol–water partition coefficient (Wildman–Crippen LogP) is 3.89. The lowest BCUT2D eigenvalue weighted by Crippen LogP contribution is -2.06. The van der Waals surface area contributed by atoms with Crippen LogP contribution in [0.3, 0.4) is 0 Å². The van der Waals surface area contributed by atoms with E-state index in [-0.39, 0.29) is 5.69 Å². The van der Waals surface area contributed by atoms with Crippen LogP contribution in [0, 0.1) is 22.7 Å². The maximum atomic E-state index is 11.6. The molecule has 0 unspecified atom stereocenters. The van der Waals surface area contributed by atoms with Crippen molar-refractivity contribution in [1.82, 2.24) is 4.57 Å². The van der Waals surface area contributed by atoms with E-state index >= 15 is 0 Å². The van der Waals surface area contributed by atoms with Crippen molar-refractivity contribution < 1.29 is 9.90 Å². The van der Waals surface area contributed by atoms with Gasteiger partial charge in [-0.3, -0.25) is 0 Å². The van der Waals surface area contributed by atoms with E-state index in [2.05, 4.69) is 12.1 Å². The van der Waals surface area contributed by atoms with Gasteiger partial charge in [0.15, 0.2) is 0 Å². The molecule has 1 N–H and O–H groups in total. The van der Waals surface area contributed by atoms with E-state index in [1.807, 2.05) is 36.4 Å². The number of hydrogen-bond acceptors (Lipinski definition) is 3. The first kappa shape index (κ1) is 17.0. The number of nitriles is 2. The minimum absolute atomic E-state index is 0.0818. The fourth-order valence-corrected chi connectivity index (χ4v) is 3.11. The number of allylic oxidation sites excluding steroid dienone is 6. The summed E-state index contributed by atoms with van der Waals surface area (Å²) in [5, 5.41) is 28.2. The molecule has 0 fully saturated rings. The average Bonchev–Trinajstić information content (AvgIpc) is 2.81. The normalized spacial score (nSPS) is 13.2. The van der Waals surface area contributed by atoms with Gasteiger partial charge in [0.1, 0.15) is 11.8 Å². The third kappa shape index (κ3) is 2.94. The van der Waals surface area contributed by atoms with Gasteiger partial charge in [-0.05, 0) is 29.2 Å². The van der Waals surface area contributed by atoms with Crippen molar-refractivity contribution in [3.63, 3.8) is 0 Å². The monoisotopic (exact) mass is 341 g/mol. The molecule has 0 saturated heterocycles. The van der Waals surface area contributed by atoms with Crippen LogP contribution in [0.1, 0.15) is 39.2 Å². The zero-order valence-electron chi connectivity index (χ0n) is 14.1. The van der Waals surface area contributed by atoms with Crippen molar-refractivity contribution >= 4 is 17.1 Å². The van der Waals surface area contributed by atoms with E-state index in [4.69, 9.17) is 0 Å². The van der Waals surface area contributed by atoms with Crippen molar-refractivity contribution in [2.24, 2.45) is 7.05 Å². The second-order valence-electron chi connectivity index (χ2n) is 5.84. The second-order valence-corrected chi connectivity index (χ2v) is 5.84. The van der Waals surface area contributed by atoms with Gasteiger partial charge < -0.3 is 9.67 Å². The lowest BCUT2D eigenvalue weighted by atomic mass is 9.98. The highest BCUT2D eigenvalue weighted by molar-refractivity contribution is 5.97. The van der Waals surface area contributed by atoms with Crippen molar-refractivity contribution in [3.8, 4) is 12.1 Å². The Morgan fingerprint density at radius 1 is 1.08 bits per heavy atom. The summed E-state index contributed by atoms with van der Waals surface area (Å²) < 4.78 is 1.45. The number of aromatic nitrogens is 1. The average molecular weight is 341 g/mol. The Kier molecular flexibility index (Phi) is 4.55. The molecule has 0 radical (unpaired) electrons. The molecule has 5 heteroatoms. The van der Waals surface area contributed by atoms with Crippen molar-refractivity contribution in [1.29, 1.82) is 10.5 Å². The molecule has 1 aliphatic rings. The highest BCUT2D eigenvalue weighted by atomic mass is 16.4. The van der Waals surface area contributed by atoms with Gasteiger partial charge in [-0.25, -0.2) is 4.79 Å². The van der Waals surface area contributed by atoms with Crippen LogP contribution in [0.2, 0.25) is 0 Å². The van der Waals surface area contributed by atoms with Crippen molar-refractivity contribution in [3.05, 3.63) is 82.7 Å². The summed E-state index contributed by atoms with van der Waals surface area (Å²) in [6.45, 7) is 0. The first-order valence-corrected chi connectivity index (χ1v) is 7.97. The van der Waals surface area contributed by atoms with Crippen LogP contribution >= 0.6 is 0 Å². The molecule has 1 aromatic carbocycles. The number of carbonyl (C=O) groups is 1. The molecular weight excluding hydrogens is 326 g/mol. The molecule has 0 spiro atoms. The molecule has 126 valence electrons. The fraction of sp³-hybridized carbons (Fsp3) is 0.0952. The summed E-state index contributed by atoms with van der Waals surface area (Å²) in [6, 6.07) is 11.6. The van der Waals surface area contributed by atoms with Crippen molar-refractivity contribution in [2.75, 3.05) is 0 Å². The maximum absolute atomic E-state index is 11.6. The van der Waals surface area contributed by atoms with E-state index in [9.17, 15) is 20.4 Å². The molecule has 0 aliphatic heterocycles. The standard InChI is InChI=1S/C21H15N3O2/c1-24-13-17(12-23)19(20(24)21(25)26)15-7-4-6-14(9-10-15)18-8-3-2-5-16(18)11-22/h2-3,5-10,13H,4H2,1H3,(H,25,26). The number of benzene rings is 1. The van der Waals surface area contributed by atoms with Crippen LogP contribution in [0.25, 0.3) is 11.1 Å². The number of nitrogens with zero attached hydrogens (tertiary/aromatic N) is 3. The van der Waals surface area contributed by atoms with Crippen LogP contribution in [-0.4, -0.2) is 15.6 Å². The summed E-state index contributed by atoms with van der Waals surface area (Å²) in [6.07, 6.45) is 9.62. The van der Waals surface area contributed by atoms with E-state index in [1.54, 1.807) is 19.2 Å². The summed E-state index contributed by atoms with van der Waals surface area (Å²) >= 11 is 0. The number of carboxylic acids is 1. The first-order valence-electron chi connectivity index (χ1n) is 7.97. The zero-order valence-corrected chi connectivity index (χ0v) is 14.1. The third-order valence-corrected chi connectivity index (χ3v) is 4.27. The minimum Gasteiger partial charge on any atom is -0.477 e. The van der Waals surface area contributed by atoms with Gasteiger partial charge in [0, 0.05) is 18.8 Å². The lowest BCUT2D eigenvalue weighted by molar-refractivity contribution is 0.0686. The predicted molar refractivity (Wildman–Crippen MR) is 98.0 cm³/mol. The van der Waals surface area contributed by atoms with Gasteiger partial charge in [-0.2, -0.15) is 10.5 Å². The van der Waals surface area contributed by atoms with E-state index in [0.717, 1.165) is 11.1 Å². The molecule has 2 aromatic rings. The van der Waals surface area contributed by atoms with E-state index in [1.165, 1.54) is 10.8 Å². The number of aryl methyl sites for hydroxylation is 1. The lowest BCUT2D eigenvalue weighted by Gasteiger charge is -2.05. The Bertz CT molecular complexity index is 1070. The molecule has 1 aliphatic carbocycles. The van der Waals surface area contributed by atoms with Crippen molar-refractivity contribution in [2.45, 2.75) is 6.42 Å². The Hall–Kier alpha value is -3.83. The molecule has 26 heavy (non-hydrogen) atoms. The Labute approximate surface area is 151 Å². The summed E-state index contributed by atoms with van der Waals surface area (Å²) in [4.78, 5) is 11.6. The smallest absolute Gasteiger partial charge is 0.353 e. The molecule has 0 bridgehead atoms. The SMILES string of the molecule is Cn1cc(C#N)c(C2=CCC=C(c3ccccc3C#N)C=C2)c1C(=O)O. The van der Waals surface area contributed by atoms with E-state index < -0.39 is 5.97 Å². The van der Waals surface area contributed by atoms with Crippen LogP contribution in [0.15, 0.2) is 54.8 Å². The summed E-state index contributed by atoms with van der Waals surface area (Å²) in [5.41, 5.74) is 3.80. The highest BCUT2D eigenvalue weighted by Crippen LogP contribution is 2.31. The number of hydrogen-bond donors (Lipinski definition) is 1. The first-order chi connectivity index (χ1) is 12.6. The summed E-state index contributed by atoms with van der Waals surface area (Å²) in [7, 11) is 1.61. The third-order valence-electron chi connectivity index (χ3n) is 4.27. The van der Waals surface area contributed by atoms with Crippen LogP contribution < -0.4 is 0 Å². The minimum atomic E-state index is -1.08. The second kappa shape index (κ2) is 6.96. The van der Waals surface area contributed by atoms with Crippen LogP contribution in [0.4, 0.5) is 0 Å².